The van der Waals surface area contributed by atoms with Crippen LogP contribution in [0.2, 0.25) is 0 Å². The van der Waals surface area contributed by atoms with Crippen molar-refractivity contribution >= 4 is 11.8 Å². The van der Waals surface area contributed by atoms with E-state index in [1.165, 1.54) is 0 Å². The Morgan fingerprint density at radius 2 is 1.42 bits per heavy atom. The molecule has 0 amide bonds. The summed E-state index contributed by atoms with van der Waals surface area (Å²) in [6.45, 7) is 11.2. The van der Waals surface area contributed by atoms with E-state index < -0.39 is 11.9 Å². The smallest absolute Gasteiger partial charge is 0.314 e. The van der Waals surface area contributed by atoms with Crippen molar-refractivity contribution in [2.75, 3.05) is 0 Å². The molecule has 1 aromatic rings. The Morgan fingerprint density at radius 3 is 1.74 bits per heavy atom. The Balaban J connectivity index is 3.45. The zero-order valence-corrected chi connectivity index (χ0v) is 12.5. The van der Waals surface area contributed by atoms with E-state index in [0.29, 0.717) is 5.56 Å². The average Bonchev–Trinajstić information content (AvgIpc) is 2.25. The molecule has 19 heavy (non-hydrogen) atoms. The van der Waals surface area contributed by atoms with Crippen LogP contribution in [-0.2, 0) is 4.79 Å². The third kappa shape index (κ3) is 2.86. The molecule has 3 heteroatoms. The first-order valence-corrected chi connectivity index (χ1v) is 6.52. The fraction of sp³-hybridized carbons (Fsp3) is 0.500. The second kappa shape index (κ2) is 5.55. The summed E-state index contributed by atoms with van der Waals surface area (Å²) >= 11 is 0. The van der Waals surface area contributed by atoms with Crippen molar-refractivity contribution < 1.29 is 14.7 Å². The molecule has 0 aromatic heterocycles. The quantitative estimate of drug-likeness (QED) is 0.668. The molecule has 0 bridgehead atoms. The van der Waals surface area contributed by atoms with Crippen molar-refractivity contribution in [1.29, 1.82) is 0 Å². The minimum atomic E-state index is -1.04. The van der Waals surface area contributed by atoms with Gasteiger partial charge >= 0.3 is 5.97 Å². The van der Waals surface area contributed by atoms with Gasteiger partial charge < -0.3 is 5.11 Å². The molecule has 1 N–H and O–H groups in total. The molecule has 0 radical (unpaired) electrons. The van der Waals surface area contributed by atoms with Gasteiger partial charge in [0.25, 0.3) is 0 Å². The van der Waals surface area contributed by atoms with Gasteiger partial charge in [0.2, 0.25) is 0 Å². The second-order valence-electron chi connectivity index (χ2n) is 5.56. The van der Waals surface area contributed by atoms with E-state index in [1.807, 2.05) is 33.8 Å². The first-order valence-electron chi connectivity index (χ1n) is 6.52. The fourth-order valence-corrected chi connectivity index (χ4v) is 2.44. The molecule has 0 aliphatic carbocycles. The van der Waals surface area contributed by atoms with Crippen LogP contribution < -0.4 is 0 Å². The van der Waals surface area contributed by atoms with Crippen LogP contribution in [0.15, 0.2) is 6.07 Å². The van der Waals surface area contributed by atoms with E-state index in [1.54, 1.807) is 13.8 Å². The highest BCUT2D eigenvalue weighted by molar-refractivity contribution is 6.10. The predicted octanol–water partition coefficient (Wildman–Crippen LogP) is 3.46. The number of aliphatic carboxylic acids is 1. The molecule has 1 rings (SSSR count). The Labute approximate surface area is 114 Å². The van der Waals surface area contributed by atoms with E-state index in [2.05, 4.69) is 0 Å². The Bertz CT molecular complexity index is 501. The molecule has 104 valence electrons. The molecule has 0 aliphatic heterocycles. The summed E-state index contributed by atoms with van der Waals surface area (Å²) in [6, 6.07) is 2.03. The molecule has 0 saturated heterocycles. The summed E-state index contributed by atoms with van der Waals surface area (Å²) in [5.41, 5.74) is 4.41. The Kier molecular flexibility index (Phi) is 4.51. The summed E-state index contributed by atoms with van der Waals surface area (Å²) in [7, 11) is 0. The van der Waals surface area contributed by atoms with Crippen molar-refractivity contribution in [1.82, 2.24) is 0 Å². The van der Waals surface area contributed by atoms with Gasteiger partial charge in [0.15, 0.2) is 5.78 Å². The highest BCUT2D eigenvalue weighted by Crippen LogP contribution is 2.27. The SMILES string of the molecule is Cc1cc(C)c(C)c(C(=O)C(C(=O)O)C(C)C)c1C. The van der Waals surface area contributed by atoms with E-state index in [-0.39, 0.29) is 11.7 Å². The first kappa shape index (κ1) is 15.4. The number of aryl methyl sites for hydroxylation is 2. The molecule has 1 unspecified atom stereocenters. The van der Waals surface area contributed by atoms with Crippen molar-refractivity contribution in [3.8, 4) is 0 Å². The molecule has 1 atom stereocenters. The fourth-order valence-electron chi connectivity index (χ4n) is 2.44. The third-order valence-electron chi connectivity index (χ3n) is 3.83. The number of carboxylic acids is 1. The van der Waals surface area contributed by atoms with Crippen LogP contribution in [0.4, 0.5) is 0 Å². The number of benzene rings is 1. The van der Waals surface area contributed by atoms with Gasteiger partial charge in [-0.3, -0.25) is 9.59 Å². The Morgan fingerprint density at radius 1 is 1.00 bits per heavy atom. The molecule has 0 heterocycles. The lowest BCUT2D eigenvalue weighted by atomic mass is 9.82. The summed E-state index contributed by atoms with van der Waals surface area (Å²) < 4.78 is 0. The standard InChI is InChI=1S/C16H22O3/c1-8(2)13(16(18)19)15(17)14-11(5)9(3)7-10(4)12(14)6/h7-8,13H,1-6H3,(H,18,19). The van der Waals surface area contributed by atoms with Crippen LogP contribution in [0.5, 0.6) is 0 Å². The van der Waals surface area contributed by atoms with Crippen LogP contribution >= 0.6 is 0 Å². The molecule has 0 aliphatic rings. The minimum Gasteiger partial charge on any atom is -0.481 e. The summed E-state index contributed by atoms with van der Waals surface area (Å²) in [5.74, 6) is -2.51. The monoisotopic (exact) mass is 262 g/mol. The molecule has 0 saturated carbocycles. The van der Waals surface area contributed by atoms with E-state index in [9.17, 15) is 14.7 Å². The number of carbonyl (C=O) groups is 2. The maximum absolute atomic E-state index is 12.6. The topological polar surface area (TPSA) is 54.4 Å². The van der Waals surface area contributed by atoms with Crippen molar-refractivity contribution in [3.05, 3.63) is 33.9 Å². The van der Waals surface area contributed by atoms with Gasteiger partial charge in [0.05, 0.1) is 0 Å². The molecule has 3 nitrogen and oxygen atoms in total. The average molecular weight is 262 g/mol. The zero-order valence-electron chi connectivity index (χ0n) is 12.5. The van der Waals surface area contributed by atoms with Gasteiger partial charge in [-0.25, -0.2) is 0 Å². The lowest BCUT2D eigenvalue weighted by Crippen LogP contribution is -2.30. The molecular formula is C16H22O3. The molecule has 0 fully saturated rings. The number of rotatable bonds is 4. The first-order chi connectivity index (χ1) is 8.68. The van der Waals surface area contributed by atoms with Gasteiger partial charge in [-0.15, -0.1) is 0 Å². The second-order valence-corrected chi connectivity index (χ2v) is 5.56. The highest BCUT2D eigenvalue weighted by atomic mass is 16.4. The van der Waals surface area contributed by atoms with E-state index >= 15 is 0 Å². The number of hydrogen-bond acceptors (Lipinski definition) is 2. The number of carboxylic acid groups (broad SMARTS) is 1. The van der Waals surface area contributed by atoms with Crippen LogP contribution in [0.1, 0.15) is 46.5 Å². The van der Waals surface area contributed by atoms with Crippen LogP contribution in [0.25, 0.3) is 0 Å². The van der Waals surface area contributed by atoms with Gasteiger partial charge in [-0.1, -0.05) is 19.9 Å². The lowest BCUT2D eigenvalue weighted by Gasteiger charge is -2.20. The summed E-state index contributed by atoms with van der Waals surface area (Å²) in [5, 5.41) is 9.27. The van der Waals surface area contributed by atoms with Crippen LogP contribution in [0.3, 0.4) is 0 Å². The van der Waals surface area contributed by atoms with Gasteiger partial charge in [-0.2, -0.15) is 0 Å². The lowest BCUT2D eigenvalue weighted by molar-refractivity contribution is -0.141. The third-order valence-corrected chi connectivity index (χ3v) is 3.83. The minimum absolute atomic E-state index is 0.218. The largest absolute Gasteiger partial charge is 0.481 e. The molecular weight excluding hydrogens is 240 g/mol. The van der Waals surface area contributed by atoms with Crippen molar-refractivity contribution in [3.63, 3.8) is 0 Å². The van der Waals surface area contributed by atoms with Gasteiger partial charge in [0.1, 0.15) is 5.92 Å². The zero-order chi connectivity index (χ0) is 14.9. The number of Topliss-reactive ketones (excluding diaryl/α,β-unsaturated/α-hetero) is 1. The normalized spacial score (nSPS) is 12.6. The van der Waals surface area contributed by atoms with E-state index in [0.717, 1.165) is 22.3 Å². The molecule has 1 aromatic carbocycles. The number of ketones is 1. The maximum Gasteiger partial charge on any atom is 0.314 e. The number of hydrogen-bond donors (Lipinski definition) is 1. The van der Waals surface area contributed by atoms with Crippen molar-refractivity contribution in [2.24, 2.45) is 11.8 Å². The van der Waals surface area contributed by atoms with Crippen LogP contribution in [-0.4, -0.2) is 16.9 Å². The van der Waals surface area contributed by atoms with E-state index in [4.69, 9.17) is 0 Å². The Hall–Kier alpha value is -1.64. The van der Waals surface area contributed by atoms with Crippen LogP contribution in [0, 0.1) is 39.5 Å². The van der Waals surface area contributed by atoms with Gasteiger partial charge in [-0.05, 0) is 55.9 Å². The maximum atomic E-state index is 12.6. The predicted molar refractivity (Wildman–Crippen MR) is 75.7 cm³/mol. The number of carbonyl (C=O) groups excluding carboxylic acids is 1. The highest BCUT2D eigenvalue weighted by Gasteiger charge is 2.32. The molecule has 0 spiro atoms. The summed E-state index contributed by atoms with van der Waals surface area (Å²) in [6.07, 6.45) is 0. The van der Waals surface area contributed by atoms with Crippen molar-refractivity contribution in [2.45, 2.75) is 41.5 Å². The van der Waals surface area contributed by atoms with Gasteiger partial charge in [0, 0.05) is 5.56 Å². The summed E-state index contributed by atoms with van der Waals surface area (Å²) in [4.78, 5) is 23.9.